The van der Waals surface area contributed by atoms with Crippen LogP contribution >= 0.6 is 0 Å². The molecule has 0 saturated heterocycles. The lowest BCUT2D eigenvalue weighted by Gasteiger charge is -2.21. The molecule has 118 valence electrons. The van der Waals surface area contributed by atoms with Gasteiger partial charge in [0, 0.05) is 23.7 Å². The summed E-state index contributed by atoms with van der Waals surface area (Å²) >= 11 is 0. The molecule has 2 N–H and O–H groups in total. The summed E-state index contributed by atoms with van der Waals surface area (Å²) in [5.41, 5.74) is 0.366. The average molecular weight is 296 g/mol. The number of ether oxygens (including phenoxy) is 1. The lowest BCUT2D eigenvalue weighted by Crippen LogP contribution is -2.43. The van der Waals surface area contributed by atoms with Gasteiger partial charge < -0.3 is 15.4 Å². The second-order valence-electron chi connectivity index (χ2n) is 6.35. The third kappa shape index (κ3) is 6.58. The lowest BCUT2D eigenvalue weighted by molar-refractivity contribution is -0.124. The Bertz CT molecular complexity index is 482. The highest BCUT2D eigenvalue weighted by atomic mass is 19.1. The normalized spacial score (nSPS) is 11.6. The van der Waals surface area contributed by atoms with Crippen LogP contribution in [0.15, 0.2) is 18.2 Å². The van der Waals surface area contributed by atoms with E-state index in [1.807, 2.05) is 34.6 Å². The SMILES string of the molecule is CC(C)NCc1cccc(F)c1OCC(=O)NC(C)(C)C. The summed E-state index contributed by atoms with van der Waals surface area (Å²) < 4.78 is 19.3. The van der Waals surface area contributed by atoms with E-state index in [4.69, 9.17) is 4.74 Å². The van der Waals surface area contributed by atoms with Gasteiger partial charge in [-0.15, -0.1) is 0 Å². The zero-order valence-corrected chi connectivity index (χ0v) is 13.4. The average Bonchev–Trinajstić information content (AvgIpc) is 2.32. The third-order valence-electron chi connectivity index (χ3n) is 2.61. The molecular weight excluding hydrogens is 271 g/mol. The predicted molar refractivity (Wildman–Crippen MR) is 81.8 cm³/mol. The standard InChI is InChI=1S/C16H25FN2O2/c1-11(2)18-9-12-7-6-8-13(17)15(12)21-10-14(20)19-16(3,4)5/h6-8,11,18H,9-10H2,1-5H3,(H,19,20). The molecule has 0 saturated carbocycles. The van der Waals surface area contributed by atoms with Crippen molar-refractivity contribution >= 4 is 5.91 Å². The first kappa shape index (κ1) is 17.4. The van der Waals surface area contributed by atoms with Crippen LogP contribution in [0.5, 0.6) is 5.75 Å². The molecule has 1 aromatic rings. The number of carbonyl (C=O) groups excluding carboxylic acids is 1. The maximum atomic E-state index is 13.9. The van der Waals surface area contributed by atoms with Gasteiger partial charge in [-0.2, -0.15) is 0 Å². The molecular formula is C16H25FN2O2. The van der Waals surface area contributed by atoms with Gasteiger partial charge in [0.05, 0.1) is 0 Å². The fourth-order valence-corrected chi connectivity index (χ4v) is 1.76. The van der Waals surface area contributed by atoms with Crippen LogP contribution in [-0.2, 0) is 11.3 Å². The Balaban J connectivity index is 2.71. The number of halogens is 1. The topological polar surface area (TPSA) is 50.4 Å². The van der Waals surface area contributed by atoms with E-state index in [0.29, 0.717) is 12.1 Å². The molecule has 0 aliphatic carbocycles. The van der Waals surface area contributed by atoms with Gasteiger partial charge in [-0.3, -0.25) is 4.79 Å². The molecule has 5 heteroatoms. The van der Waals surface area contributed by atoms with Crippen molar-refractivity contribution in [2.75, 3.05) is 6.61 Å². The van der Waals surface area contributed by atoms with E-state index in [0.717, 1.165) is 0 Å². The van der Waals surface area contributed by atoms with Gasteiger partial charge in [-0.1, -0.05) is 26.0 Å². The fraction of sp³-hybridized carbons (Fsp3) is 0.562. The van der Waals surface area contributed by atoms with Crippen LogP contribution in [-0.4, -0.2) is 24.1 Å². The van der Waals surface area contributed by atoms with Gasteiger partial charge in [-0.25, -0.2) is 4.39 Å². The molecule has 0 aliphatic rings. The molecule has 0 fully saturated rings. The van der Waals surface area contributed by atoms with E-state index < -0.39 is 5.82 Å². The maximum Gasteiger partial charge on any atom is 0.258 e. The lowest BCUT2D eigenvalue weighted by atomic mass is 10.1. The minimum atomic E-state index is -0.457. The second kappa shape index (κ2) is 7.41. The van der Waals surface area contributed by atoms with Crippen LogP contribution in [0.3, 0.4) is 0 Å². The quantitative estimate of drug-likeness (QED) is 0.848. The van der Waals surface area contributed by atoms with E-state index in [9.17, 15) is 9.18 Å². The van der Waals surface area contributed by atoms with Gasteiger partial charge in [0.2, 0.25) is 0 Å². The van der Waals surface area contributed by atoms with Crippen molar-refractivity contribution in [3.05, 3.63) is 29.6 Å². The molecule has 0 radical (unpaired) electrons. The zero-order chi connectivity index (χ0) is 16.0. The Morgan fingerprint density at radius 2 is 2.00 bits per heavy atom. The highest BCUT2D eigenvalue weighted by molar-refractivity contribution is 5.78. The van der Waals surface area contributed by atoms with Crippen LogP contribution in [0.1, 0.15) is 40.2 Å². The molecule has 4 nitrogen and oxygen atoms in total. The number of carbonyl (C=O) groups is 1. The van der Waals surface area contributed by atoms with Crippen molar-refractivity contribution in [1.82, 2.24) is 10.6 Å². The first-order valence-corrected chi connectivity index (χ1v) is 7.13. The van der Waals surface area contributed by atoms with Crippen molar-refractivity contribution in [3.63, 3.8) is 0 Å². The van der Waals surface area contributed by atoms with E-state index in [-0.39, 0.29) is 29.8 Å². The minimum Gasteiger partial charge on any atom is -0.480 e. The van der Waals surface area contributed by atoms with Gasteiger partial charge in [0.25, 0.3) is 5.91 Å². The van der Waals surface area contributed by atoms with E-state index in [2.05, 4.69) is 10.6 Å². The van der Waals surface area contributed by atoms with E-state index >= 15 is 0 Å². The van der Waals surface area contributed by atoms with Crippen molar-refractivity contribution in [2.24, 2.45) is 0 Å². The van der Waals surface area contributed by atoms with Crippen LogP contribution in [0.4, 0.5) is 4.39 Å². The van der Waals surface area contributed by atoms with Crippen molar-refractivity contribution < 1.29 is 13.9 Å². The molecule has 0 atom stereocenters. The summed E-state index contributed by atoms with van der Waals surface area (Å²) in [6, 6.07) is 5.03. The number of amides is 1. The van der Waals surface area contributed by atoms with Crippen LogP contribution in [0.2, 0.25) is 0 Å². The Morgan fingerprint density at radius 1 is 1.33 bits per heavy atom. The summed E-state index contributed by atoms with van der Waals surface area (Å²) in [5.74, 6) is -0.593. The summed E-state index contributed by atoms with van der Waals surface area (Å²) in [4.78, 5) is 11.7. The number of hydrogen-bond acceptors (Lipinski definition) is 3. The number of para-hydroxylation sites is 1. The molecule has 0 aliphatic heterocycles. The summed E-state index contributed by atoms with van der Waals surface area (Å²) in [6.45, 7) is 9.95. The molecule has 1 rings (SSSR count). The number of nitrogens with one attached hydrogen (secondary N) is 2. The van der Waals surface area contributed by atoms with Gasteiger partial charge in [-0.05, 0) is 26.8 Å². The van der Waals surface area contributed by atoms with Crippen LogP contribution in [0.25, 0.3) is 0 Å². The largest absolute Gasteiger partial charge is 0.480 e. The number of rotatable bonds is 6. The second-order valence-corrected chi connectivity index (χ2v) is 6.35. The summed E-state index contributed by atoms with van der Waals surface area (Å²) in [7, 11) is 0. The smallest absolute Gasteiger partial charge is 0.258 e. The highest BCUT2D eigenvalue weighted by Gasteiger charge is 2.16. The monoisotopic (exact) mass is 296 g/mol. The first-order valence-electron chi connectivity index (χ1n) is 7.13. The van der Waals surface area contributed by atoms with Crippen LogP contribution in [0, 0.1) is 5.82 Å². The number of hydrogen-bond donors (Lipinski definition) is 2. The Kier molecular flexibility index (Phi) is 6.15. The van der Waals surface area contributed by atoms with Crippen molar-refractivity contribution in [1.29, 1.82) is 0 Å². The highest BCUT2D eigenvalue weighted by Crippen LogP contribution is 2.22. The molecule has 1 aromatic carbocycles. The minimum absolute atomic E-state index is 0.134. The fourth-order valence-electron chi connectivity index (χ4n) is 1.76. The molecule has 0 aromatic heterocycles. The molecule has 0 bridgehead atoms. The molecule has 1 amide bonds. The van der Waals surface area contributed by atoms with Crippen LogP contribution < -0.4 is 15.4 Å². The third-order valence-corrected chi connectivity index (χ3v) is 2.61. The zero-order valence-electron chi connectivity index (χ0n) is 13.4. The molecule has 0 unspecified atom stereocenters. The van der Waals surface area contributed by atoms with Crippen molar-refractivity contribution in [2.45, 2.75) is 52.7 Å². The number of benzene rings is 1. The van der Waals surface area contributed by atoms with E-state index in [1.165, 1.54) is 6.07 Å². The molecule has 0 heterocycles. The van der Waals surface area contributed by atoms with Gasteiger partial charge in [0.1, 0.15) is 0 Å². The van der Waals surface area contributed by atoms with Crippen molar-refractivity contribution in [3.8, 4) is 5.75 Å². The maximum absolute atomic E-state index is 13.9. The first-order chi connectivity index (χ1) is 9.69. The molecule has 21 heavy (non-hydrogen) atoms. The van der Waals surface area contributed by atoms with Gasteiger partial charge >= 0.3 is 0 Å². The predicted octanol–water partition coefficient (Wildman–Crippen LogP) is 2.62. The van der Waals surface area contributed by atoms with E-state index in [1.54, 1.807) is 12.1 Å². The Morgan fingerprint density at radius 3 is 2.57 bits per heavy atom. The molecule has 0 spiro atoms. The Labute approximate surface area is 126 Å². The van der Waals surface area contributed by atoms with Gasteiger partial charge in [0.15, 0.2) is 18.2 Å². The summed E-state index contributed by atoms with van der Waals surface area (Å²) in [5, 5.41) is 5.98. The Hall–Kier alpha value is -1.62. The summed E-state index contributed by atoms with van der Waals surface area (Å²) in [6.07, 6.45) is 0.